The number of nitrogens with zero attached hydrogens (tertiary/aromatic N) is 1. The van der Waals surface area contributed by atoms with E-state index in [4.69, 9.17) is 0 Å². The number of halogens is 3. The van der Waals surface area contributed by atoms with Gasteiger partial charge in [-0.25, -0.2) is 0 Å². The zero-order valence-electron chi connectivity index (χ0n) is 10.4. The van der Waals surface area contributed by atoms with E-state index in [2.05, 4.69) is 20.7 Å². The van der Waals surface area contributed by atoms with Gasteiger partial charge in [0.25, 0.3) is 0 Å². The van der Waals surface area contributed by atoms with Crippen LogP contribution in [0.15, 0.2) is 40.2 Å². The number of ketones is 1. The lowest BCUT2D eigenvalue weighted by Gasteiger charge is -2.09. The standard InChI is InChI=1S/C14H8BrF2NO2S/c15-12-6-5-11(21-12)13(19)10(7-18)8-1-3-9(4-2-8)20-14(16)17/h1-6,10,14H. The number of carbonyl (C=O) groups is 1. The Hall–Kier alpha value is -1.78. The number of rotatable bonds is 5. The van der Waals surface area contributed by atoms with Crippen LogP contribution in [-0.4, -0.2) is 12.4 Å². The molecule has 0 saturated carbocycles. The summed E-state index contributed by atoms with van der Waals surface area (Å²) < 4.78 is 29.2. The van der Waals surface area contributed by atoms with Crippen LogP contribution in [0.5, 0.6) is 5.75 Å². The van der Waals surface area contributed by atoms with Gasteiger partial charge in [-0.05, 0) is 45.8 Å². The van der Waals surface area contributed by atoms with Crippen LogP contribution in [0.2, 0.25) is 0 Å². The van der Waals surface area contributed by atoms with Gasteiger partial charge < -0.3 is 4.74 Å². The van der Waals surface area contributed by atoms with E-state index in [1.54, 1.807) is 12.1 Å². The van der Waals surface area contributed by atoms with Gasteiger partial charge in [-0.1, -0.05) is 12.1 Å². The maximum atomic E-state index is 12.3. The highest BCUT2D eigenvalue weighted by Crippen LogP contribution is 2.28. The lowest BCUT2D eigenvalue weighted by Crippen LogP contribution is -2.10. The number of Topliss-reactive ketones (excluding diaryl/α,β-unsaturated/α-hetero) is 1. The third kappa shape index (κ3) is 3.86. The Kier molecular flexibility index (Phi) is 5.04. The zero-order chi connectivity index (χ0) is 15.4. The van der Waals surface area contributed by atoms with Gasteiger partial charge in [-0.2, -0.15) is 14.0 Å². The molecule has 1 aromatic heterocycles. The van der Waals surface area contributed by atoms with Crippen molar-refractivity contribution >= 4 is 33.0 Å². The van der Waals surface area contributed by atoms with Crippen molar-refractivity contribution in [3.63, 3.8) is 0 Å². The quantitative estimate of drug-likeness (QED) is 0.721. The Morgan fingerprint density at radius 2 is 1.90 bits per heavy atom. The van der Waals surface area contributed by atoms with Gasteiger partial charge in [0.2, 0.25) is 0 Å². The molecule has 0 aliphatic carbocycles. The fourth-order valence-corrected chi connectivity index (χ4v) is 3.07. The van der Waals surface area contributed by atoms with E-state index in [1.807, 2.05) is 6.07 Å². The Labute approximate surface area is 131 Å². The molecular formula is C14H8BrF2NO2S. The minimum atomic E-state index is -2.91. The molecule has 1 aromatic carbocycles. The highest BCUT2D eigenvalue weighted by Gasteiger charge is 2.23. The van der Waals surface area contributed by atoms with Crippen molar-refractivity contribution in [2.75, 3.05) is 0 Å². The number of hydrogen-bond donors (Lipinski definition) is 0. The normalized spacial score (nSPS) is 12.0. The van der Waals surface area contributed by atoms with E-state index in [9.17, 15) is 18.8 Å². The minimum absolute atomic E-state index is 0.0169. The first-order valence-corrected chi connectivity index (χ1v) is 7.36. The molecule has 2 rings (SSSR count). The smallest absolute Gasteiger partial charge is 0.387 e. The third-order valence-electron chi connectivity index (χ3n) is 2.65. The Morgan fingerprint density at radius 1 is 1.24 bits per heavy atom. The van der Waals surface area contributed by atoms with Crippen LogP contribution in [0.25, 0.3) is 0 Å². The number of thiophene rings is 1. The topological polar surface area (TPSA) is 50.1 Å². The molecule has 0 aliphatic heterocycles. The second kappa shape index (κ2) is 6.78. The van der Waals surface area contributed by atoms with Crippen molar-refractivity contribution in [3.05, 3.63) is 50.6 Å². The number of alkyl halides is 2. The van der Waals surface area contributed by atoms with Crippen LogP contribution >= 0.6 is 27.3 Å². The summed E-state index contributed by atoms with van der Waals surface area (Å²) >= 11 is 4.49. The molecule has 0 radical (unpaired) electrons. The summed E-state index contributed by atoms with van der Waals surface area (Å²) in [6, 6.07) is 10.8. The fourth-order valence-electron chi connectivity index (χ4n) is 1.72. The summed E-state index contributed by atoms with van der Waals surface area (Å²) in [6.45, 7) is -2.91. The summed E-state index contributed by atoms with van der Waals surface area (Å²) in [5.41, 5.74) is 0.439. The van der Waals surface area contributed by atoms with Crippen LogP contribution in [0.3, 0.4) is 0 Å². The lowest BCUT2D eigenvalue weighted by atomic mass is 9.95. The molecule has 0 spiro atoms. The molecule has 3 nitrogen and oxygen atoms in total. The van der Waals surface area contributed by atoms with E-state index in [1.165, 1.54) is 35.6 Å². The van der Waals surface area contributed by atoms with Crippen LogP contribution in [-0.2, 0) is 0 Å². The molecule has 0 aliphatic rings. The van der Waals surface area contributed by atoms with Crippen LogP contribution in [0.1, 0.15) is 21.2 Å². The van der Waals surface area contributed by atoms with E-state index in [0.29, 0.717) is 10.4 Å². The second-order valence-corrected chi connectivity index (χ2v) is 6.44. The Bertz CT molecular complexity index is 679. The number of nitriles is 1. The number of benzene rings is 1. The Balaban J connectivity index is 2.21. The van der Waals surface area contributed by atoms with Gasteiger partial charge in [-0.3, -0.25) is 4.79 Å². The predicted octanol–water partition coefficient (Wildman–Crippen LogP) is 4.60. The first kappa shape index (κ1) is 15.6. The highest BCUT2D eigenvalue weighted by atomic mass is 79.9. The minimum Gasteiger partial charge on any atom is -0.435 e. The van der Waals surface area contributed by atoms with Gasteiger partial charge in [0.15, 0.2) is 5.78 Å². The van der Waals surface area contributed by atoms with Crippen molar-refractivity contribution in [2.45, 2.75) is 12.5 Å². The van der Waals surface area contributed by atoms with E-state index < -0.39 is 12.5 Å². The molecule has 108 valence electrons. The highest BCUT2D eigenvalue weighted by molar-refractivity contribution is 9.11. The molecule has 1 heterocycles. The van der Waals surface area contributed by atoms with Gasteiger partial charge in [0, 0.05) is 0 Å². The molecule has 2 aromatic rings. The maximum absolute atomic E-state index is 12.3. The van der Waals surface area contributed by atoms with Crippen molar-refractivity contribution in [3.8, 4) is 11.8 Å². The zero-order valence-corrected chi connectivity index (χ0v) is 12.8. The van der Waals surface area contributed by atoms with Gasteiger partial charge in [-0.15, -0.1) is 11.3 Å². The lowest BCUT2D eigenvalue weighted by molar-refractivity contribution is -0.0498. The summed E-state index contributed by atoms with van der Waals surface area (Å²) in [5.74, 6) is -1.32. The summed E-state index contributed by atoms with van der Waals surface area (Å²) in [7, 11) is 0. The van der Waals surface area contributed by atoms with E-state index in [0.717, 1.165) is 3.79 Å². The molecular weight excluding hydrogens is 364 g/mol. The second-order valence-electron chi connectivity index (χ2n) is 3.98. The largest absolute Gasteiger partial charge is 0.435 e. The SMILES string of the molecule is N#CC(C(=O)c1ccc(Br)s1)c1ccc(OC(F)F)cc1. The summed E-state index contributed by atoms with van der Waals surface area (Å²) in [4.78, 5) is 12.7. The maximum Gasteiger partial charge on any atom is 0.387 e. The van der Waals surface area contributed by atoms with E-state index >= 15 is 0 Å². The molecule has 7 heteroatoms. The third-order valence-corrected chi connectivity index (χ3v) is 4.28. The molecule has 0 N–H and O–H groups in total. The monoisotopic (exact) mass is 371 g/mol. The first-order chi connectivity index (χ1) is 10.0. The van der Waals surface area contributed by atoms with Crippen molar-refractivity contribution < 1.29 is 18.3 Å². The first-order valence-electron chi connectivity index (χ1n) is 5.75. The number of hydrogen-bond acceptors (Lipinski definition) is 4. The molecule has 1 unspecified atom stereocenters. The van der Waals surface area contributed by atoms with Crippen molar-refractivity contribution in [1.82, 2.24) is 0 Å². The molecule has 0 amide bonds. The Morgan fingerprint density at radius 3 is 2.38 bits per heavy atom. The number of carbonyl (C=O) groups excluding carboxylic acids is 1. The fraction of sp³-hybridized carbons (Fsp3) is 0.143. The molecule has 0 saturated heterocycles. The molecule has 21 heavy (non-hydrogen) atoms. The molecule has 1 atom stereocenters. The summed E-state index contributed by atoms with van der Waals surface area (Å²) in [6.07, 6.45) is 0. The van der Waals surface area contributed by atoms with E-state index in [-0.39, 0.29) is 11.5 Å². The van der Waals surface area contributed by atoms with Crippen molar-refractivity contribution in [2.24, 2.45) is 0 Å². The van der Waals surface area contributed by atoms with Crippen molar-refractivity contribution in [1.29, 1.82) is 5.26 Å². The average Bonchev–Trinajstić information content (AvgIpc) is 2.87. The summed E-state index contributed by atoms with van der Waals surface area (Å²) in [5, 5.41) is 9.20. The van der Waals surface area contributed by atoms with Gasteiger partial charge >= 0.3 is 6.61 Å². The molecule has 0 fully saturated rings. The number of ether oxygens (including phenoxy) is 1. The molecule has 0 bridgehead atoms. The van der Waals surface area contributed by atoms with Crippen LogP contribution in [0, 0.1) is 11.3 Å². The van der Waals surface area contributed by atoms with Crippen LogP contribution in [0.4, 0.5) is 8.78 Å². The van der Waals surface area contributed by atoms with Gasteiger partial charge in [0.05, 0.1) is 14.7 Å². The van der Waals surface area contributed by atoms with Crippen LogP contribution < -0.4 is 4.74 Å². The van der Waals surface area contributed by atoms with Gasteiger partial charge in [0.1, 0.15) is 11.7 Å². The predicted molar refractivity (Wildman–Crippen MR) is 77.8 cm³/mol. The average molecular weight is 372 g/mol.